The van der Waals surface area contributed by atoms with E-state index < -0.39 is 5.91 Å². The van der Waals surface area contributed by atoms with Gasteiger partial charge in [0, 0.05) is 23.7 Å². The van der Waals surface area contributed by atoms with Gasteiger partial charge in [0.05, 0.1) is 11.9 Å². The van der Waals surface area contributed by atoms with Gasteiger partial charge in [-0.3, -0.25) is 9.79 Å². The molecule has 0 aliphatic carbocycles. The van der Waals surface area contributed by atoms with Gasteiger partial charge in [-0.15, -0.1) is 0 Å². The molecule has 0 atom stereocenters. The minimum Gasteiger partial charge on any atom is -0.382 e. The van der Waals surface area contributed by atoms with Crippen molar-refractivity contribution in [2.75, 3.05) is 11.1 Å². The molecule has 6 heteroatoms. The Morgan fingerprint density at radius 3 is 2.74 bits per heavy atom. The number of nitrogen functional groups attached to an aromatic ring is 1. The number of rotatable bonds is 5. The van der Waals surface area contributed by atoms with Gasteiger partial charge in [0.15, 0.2) is 11.5 Å². The molecule has 0 spiro atoms. The number of aliphatic imine (C=N–C) groups is 1. The van der Waals surface area contributed by atoms with Crippen LogP contribution in [-0.2, 0) is 0 Å². The zero-order chi connectivity index (χ0) is 16.7. The van der Waals surface area contributed by atoms with Crippen molar-refractivity contribution in [3.05, 3.63) is 66.8 Å². The maximum absolute atomic E-state index is 12.3. The summed E-state index contributed by atoms with van der Waals surface area (Å²) in [5.74, 6) is -0.366. The maximum atomic E-state index is 12.3. The average molecular weight is 307 g/mol. The zero-order valence-electron chi connectivity index (χ0n) is 12.7. The summed E-state index contributed by atoms with van der Waals surface area (Å²) >= 11 is 0. The van der Waals surface area contributed by atoms with E-state index in [-0.39, 0.29) is 11.5 Å². The third kappa shape index (κ3) is 4.10. The second-order valence-electron chi connectivity index (χ2n) is 4.51. The predicted molar refractivity (Wildman–Crippen MR) is 93.2 cm³/mol. The molecule has 2 rings (SSSR count). The molecule has 0 unspecified atom stereocenters. The van der Waals surface area contributed by atoms with Gasteiger partial charge >= 0.3 is 0 Å². The summed E-state index contributed by atoms with van der Waals surface area (Å²) in [4.78, 5) is 24.7. The first-order valence-corrected chi connectivity index (χ1v) is 6.95. The maximum Gasteiger partial charge on any atom is 0.278 e. The van der Waals surface area contributed by atoms with E-state index in [0.29, 0.717) is 17.0 Å². The normalized spacial score (nSPS) is 11.4. The van der Waals surface area contributed by atoms with Crippen LogP contribution in [0.3, 0.4) is 0 Å². The Balaban J connectivity index is 2.33. The number of anilines is 2. The number of nitrogens with zero attached hydrogens (tertiary/aromatic N) is 3. The van der Waals surface area contributed by atoms with Crippen LogP contribution < -0.4 is 11.1 Å². The molecule has 1 heterocycles. The molecule has 3 N–H and O–H groups in total. The first-order chi connectivity index (χ1) is 11.2. The predicted octanol–water partition coefficient (Wildman–Crippen LogP) is 2.93. The fraction of sp³-hybridized carbons (Fsp3) is 0.0588. The van der Waals surface area contributed by atoms with Crippen LogP contribution in [0.15, 0.2) is 60.4 Å². The number of nitrogens with one attached hydrogen (secondary N) is 1. The topological polar surface area (TPSA) is 93.3 Å². The molecule has 2 aromatic rings. The summed E-state index contributed by atoms with van der Waals surface area (Å²) in [5, 5.41) is 2.73. The molecule has 1 aromatic carbocycles. The van der Waals surface area contributed by atoms with E-state index in [2.05, 4.69) is 26.9 Å². The first kappa shape index (κ1) is 16.1. The third-order valence-electron chi connectivity index (χ3n) is 2.93. The van der Waals surface area contributed by atoms with Crippen molar-refractivity contribution >= 4 is 29.2 Å². The highest BCUT2D eigenvalue weighted by Gasteiger charge is 2.15. The lowest BCUT2D eigenvalue weighted by Gasteiger charge is -2.08. The number of allylic oxidation sites excluding steroid dienone is 2. The number of nitrogens with two attached hydrogens (primary N) is 1. The highest BCUT2D eigenvalue weighted by Crippen LogP contribution is 2.17. The van der Waals surface area contributed by atoms with Gasteiger partial charge in [-0.2, -0.15) is 0 Å². The largest absolute Gasteiger partial charge is 0.382 e. The van der Waals surface area contributed by atoms with Gasteiger partial charge in [0.1, 0.15) is 0 Å². The van der Waals surface area contributed by atoms with Crippen LogP contribution in [0.5, 0.6) is 0 Å². The number of hydrogen-bond acceptors (Lipinski definition) is 5. The smallest absolute Gasteiger partial charge is 0.278 e. The number of benzene rings is 1. The van der Waals surface area contributed by atoms with E-state index in [4.69, 9.17) is 5.73 Å². The Morgan fingerprint density at radius 2 is 2.09 bits per heavy atom. The van der Waals surface area contributed by atoms with E-state index in [1.165, 1.54) is 6.20 Å². The molecule has 116 valence electrons. The minimum atomic E-state index is -0.426. The van der Waals surface area contributed by atoms with Gasteiger partial charge in [-0.1, -0.05) is 30.9 Å². The van der Waals surface area contributed by atoms with E-state index in [1.54, 1.807) is 37.5 Å². The van der Waals surface area contributed by atoms with Crippen molar-refractivity contribution < 1.29 is 4.79 Å². The third-order valence-corrected chi connectivity index (χ3v) is 2.93. The second-order valence-corrected chi connectivity index (χ2v) is 4.51. The summed E-state index contributed by atoms with van der Waals surface area (Å²) in [6.07, 6.45) is 6.29. The average Bonchev–Trinajstić information content (AvgIpc) is 2.57. The van der Waals surface area contributed by atoms with Crippen LogP contribution in [0.2, 0.25) is 0 Å². The van der Waals surface area contributed by atoms with E-state index in [9.17, 15) is 4.79 Å². The molecule has 0 fully saturated rings. The lowest BCUT2D eigenvalue weighted by molar-refractivity contribution is 0.102. The summed E-state index contributed by atoms with van der Waals surface area (Å²) in [6, 6.07) is 9.05. The molecule has 0 saturated carbocycles. The molecule has 0 saturated heterocycles. The van der Waals surface area contributed by atoms with Crippen LogP contribution in [0, 0.1) is 0 Å². The molecule has 6 nitrogen and oxygen atoms in total. The minimum absolute atomic E-state index is 0.0552. The van der Waals surface area contributed by atoms with Crippen LogP contribution in [0.25, 0.3) is 5.57 Å². The van der Waals surface area contributed by atoms with E-state index in [0.717, 1.165) is 0 Å². The van der Waals surface area contributed by atoms with Crippen molar-refractivity contribution in [2.24, 2.45) is 4.99 Å². The Morgan fingerprint density at radius 1 is 1.35 bits per heavy atom. The van der Waals surface area contributed by atoms with Crippen LogP contribution in [0.1, 0.15) is 23.1 Å². The van der Waals surface area contributed by atoms with Crippen molar-refractivity contribution in [3.63, 3.8) is 0 Å². The van der Waals surface area contributed by atoms with Crippen LogP contribution in [-0.4, -0.2) is 22.1 Å². The number of aromatic nitrogens is 2. The summed E-state index contributed by atoms with van der Waals surface area (Å²) < 4.78 is 0. The van der Waals surface area contributed by atoms with Crippen LogP contribution >= 0.6 is 0 Å². The van der Waals surface area contributed by atoms with Crippen molar-refractivity contribution in [1.29, 1.82) is 0 Å². The lowest BCUT2D eigenvalue weighted by Crippen LogP contribution is -2.17. The van der Waals surface area contributed by atoms with E-state index in [1.807, 2.05) is 18.2 Å². The van der Waals surface area contributed by atoms with Crippen molar-refractivity contribution in [1.82, 2.24) is 9.97 Å². The summed E-state index contributed by atoms with van der Waals surface area (Å²) in [6.45, 7) is 5.51. The SMILES string of the molecule is C=C/C(=C\N=CC)c1cnc(N)c(C(=O)Nc2ccccc2)n1. The molecule has 0 aliphatic heterocycles. The lowest BCUT2D eigenvalue weighted by atomic mass is 10.2. The highest BCUT2D eigenvalue weighted by molar-refractivity contribution is 6.05. The molecule has 0 radical (unpaired) electrons. The van der Waals surface area contributed by atoms with Crippen molar-refractivity contribution in [2.45, 2.75) is 6.92 Å². The van der Waals surface area contributed by atoms with Gasteiger partial charge in [0.25, 0.3) is 5.91 Å². The van der Waals surface area contributed by atoms with Gasteiger partial charge in [0.2, 0.25) is 0 Å². The number of amides is 1. The fourth-order valence-corrected chi connectivity index (χ4v) is 1.79. The summed E-state index contributed by atoms with van der Waals surface area (Å²) in [7, 11) is 0. The number of carbonyl (C=O) groups is 1. The Hall–Kier alpha value is -3.28. The Labute approximate surface area is 134 Å². The number of hydrogen-bond donors (Lipinski definition) is 2. The second kappa shape index (κ2) is 7.65. The quantitative estimate of drug-likeness (QED) is 0.656. The van der Waals surface area contributed by atoms with Gasteiger partial charge in [-0.25, -0.2) is 9.97 Å². The molecular formula is C17H17N5O. The molecule has 1 aromatic heterocycles. The molecule has 0 bridgehead atoms. The fourth-order valence-electron chi connectivity index (χ4n) is 1.79. The molecule has 0 aliphatic rings. The van der Waals surface area contributed by atoms with Crippen molar-refractivity contribution in [3.8, 4) is 0 Å². The zero-order valence-corrected chi connectivity index (χ0v) is 12.7. The van der Waals surface area contributed by atoms with E-state index >= 15 is 0 Å². The molecule has 1 amide bonds. The highest BCUT2D eigenvalue weighted by atomic mass is 16.1. The molecule has 23 heavy (non-hydrogen) atoms. The monoisotopic (exact) mass is 307 g/mol. The number of carbonyl (C=O) groups excluding carboxylic acids is 1. The van der Waals surface area contributed by atoms with Gasteiger partial charge < -0.3 is 11.1 Å². The Kier molecular flexibility index (Phi) is 5.35. The van der Waals surface area contributed by atoms with Crippen LogP contribution in [0.4, 0.5) is 11.5 Å². The summed E-state index contributed by atoms with van der Waals surface area (Å²) in [5.41, 5.74) is 7.60. The molecular weight excluding hydrogens is 290 g/mol. The number of para-hydroxylation sites is 1. The Bertz CT molecular complexity index is 766. The van der Waals surface area contributed by atoms with Gasteiger partial charge in [-0.05, 0) is 19.1 Å². The first-order valence-electron chi connectivity index (χ1n) is 6.95. The standard InChI is InChI=1S/C17H17N5O/c1-3-12(10-19-4-2)14-11-20-16(18)15(22-14)17(23)21-13-8-6-5-7-9-13/h3-11H,1H2,2H3,(H2,18,20)(H,21,23)/b12-10+,19-4?.